The molecule has 0 fully saturated rings. The SMILES string of the molecule is CC(C)CCNCC1CCc2ccc(Oc3ccc(C(N)=O)cn3)cc21. The first kappa shape index (κ1) is 18.4. The molecule has 1 aromatic carbocycles. The van der Waals surface area contributed by atoms with E-state index in [0.717, 1.165) is 31.2 Å². The van der Waals surface area contributed by atoms with Crippen molar-refractivity contribution in [2.45, 2.75) is 39.0 Å². The topological polar surface area (TPSA) is 77.2 Å². The zero-order valence-electron chi connectivity index (χ0n) is 15.5. The van der Waals surface area contributed by atoms with Gasteiger partial charge in [-0.25, -0.2) is 4.98 Å². The molecule has 5 nitrogen and oxygen atoms in total. The molecule has 5 heteroatoms. The van der Waals surface area contributed by atoms with E-state index >= 15 is 0 Å². The number of pyridine rings is 1. The van der Waals surface area contributed by atoms with Crippen LogP contribution in [0.2, 0.25) is 0 Å². The number of nitrogens with zero attached hydrogens (tertiary/aromatic N) is 1. The van der Waals surface area contributed by atoms with Gasteiger partial charge in [-0.15, -0.1) is 0 Å². The number of aryl methyl sites for hydroxylation is 1. The molecule has 0 radical (unpaired) electrons. The van der Waals surface area contributed by atoms with Gasteiger partial charge in [0.25, 0.3) is 0 Å². The van der Waals surface area contributed by atoms with Crippen molar-refractivity contribution in [3.63, 3.8) is 0 Å². The van der Waals surface area contributed by atoms with E-state index in [2.05, 4.69) is 36.3 Å². The highest BCUT2D eigenvalue weighted by Gasteiger charge is 2.22. The summed E-state index contributed by atoms with van der Waals surface area (Å²) in [5.41, 5.74) is 8.38. The number of aromatic nitrogens is 1. The van der Waals surface area contributed by atoms with E-state index in [1.54, 1.807) is 12.1 Å². The minimum Gasteiger partial charge on any atom is -0.439 e. The van der Waals surface area contributed by atoms with Crippen molar-refractivity contribution in [3.05, 3.63) is 53.2 Å². The number of primary amides is 1. The van der Waals surface area contributed by atoms with Gasteiger partial charge in [0.15, 0.2) is 0 Å². The molecule has 1 aliphatic rings. The Balaban J connectivity index is 1.64. The van der Waals surface area contributed by atoms with Crippen LogP contribution in [-0.2, 0) is 6.42 Å². The Labute approximate surface area is 155 Å². The van der Waals surface area contributed by atoms with Crippen LogP contribution in [0.4, 0.5) is 0 Å². The minimum atomic E-state index is -0.491. The molecule has 26 heavy (non-hydrogen) atoms. The Morgan fingerprint density at radius 1 is 1.35 bits per heavy atom. The molecule has 2 aromatic rings. The molecule has 0 saturated heterocycles. The highest BCUT2D eigenvalue weighted by atomic mass is 16.5. The zero-order chi connectivity index (χ0) is 18.5. The van der Waals surface area contributed by atoms with Crippen molar-refractivity contribution in [2.75, 3.05) is 13.1 Å². The third-order valence-corrected chi connectivity index (χ3v) is 4.85. The Morgan fingerprint density at radius 3 is 2.88 bits per heavy atom. The summed E-state index contributed by atoms with van der Waals surface area (Å²) in [6.45, 7) is 6.57. The van der Waals surface area contributed by atoms with Gasteiger partial charge in [-0.3, -0.25) is 4.79 Å². The number of carbonyl (C=O) groups is 1. The number of nitrogens with one attached hydrogen (secondary N) is 1. The molecule has 1 heterocycles. The number of fused-ring (bicyclic) bond motifs is 1. The van der Waals surface area contributed by atoms with Crippen LogP contribution in [0.5, 0.6) is 11.6 Å². The van der Waals surface area contributed by atoms with E-state index < -0.39 is 5.91 Å². The first-order chi connectivity index (χ1) is 12.5. The summed E-state index contributed by atoms with van der Waals surface area (Å²) in [4.78, 5) is 15.3. The average molecular weight is 353 g/mol. The summed E-state index contributed by atoms with van der Waals surface area (Å²) in [7, 11) is 0. The van der Waals surface area contributed by atoms with Crippen molar-refractivity contribution in [2.24, 2.45) is 11.7 Å². The lowest BCUT2D eigenvalue weighted by Crippen LogP contribution is -2.22. The average Bonchev–Trinajstić information content (AvgIpc) is 3.01. The Kier molecular flexibility index (Phi) is 5.89. The van der Waals surface area contributed by atoms with E-state index in [9.17, 15) is 4.79 Å². The fraction of sp³-hybridized carbons (Fsp3) is 0.429. The van der Waals surface area contributed by atoms with Gasteiger partial charge in [0.1, 0.15) is 5.75 Å². The fourth-order valence-electron chi connectivity index (χ4n) is 3.32. The molecule has 3 N–H and O–H groups in total. The standard InChI is InChI=1S/C21H27N3O2/c1-14(2)9-10-23-12-16-4-3-15-5-7-18(11-19(15)16)26-20-8-6-17(13-24-20)21(22)25/h5-8,11,13-14,16,23H,3-4,9-10,12H2,1-2H3,(H2,22,25). The molecule has 0 spiro atoms. The van der Waals surface area contributed by atoms with Crippen molar-refractivity contribution in [1.82, 2.24) is 10.3 Å². The molecule has 138 valence electrons. The Hall–Kier alpha value is -2.40. The first-order valence-corrected chi connectivity index (χ1v) is 9.30. The fourth-order valence-corrected chi connectivity index (χ4v) is 3.32. The molecule has 0 aliphatic heterocycles. The predicted molar refractivity (Wildman–Crippen MR) is 103 cm³/mol. The van der Waals surface area contributed by atoms with Gasteiger partial charge in [-0.2, -0.15) is 0 Å². The van der Waals surface area contributed by atoms with Gasteiger partial charge in [0, 0.05) is 18.8 Å². The highest BCUT2D eigenvalue weighted by molar-refractivity contribution is 5.92. The van der Waals surface area contributed by atoms with Crippen LogP contribution in [-0.4, -0.2) is 24.0 Å². The van der Waals surface area contributed by atoms with Gasteiger partial charge in [0.2, 0.25) is 11.8 Å². The van der Waals surface area contributed by atoms with Crippen LogP contribution in [0.3, 0.4) is 0 Å². The van der Waals surface area contributed by atoms with Crippen molar-refractivity contribution >= 4 is 5.91 Å². The minimum absolute atomic E-state index is 0.374. The summed E-state index contributed by atoms with van der Waals surface area (Å²) in [5, 5.41) is 3.59. The van der Waals surface area contributed by atoms with E-state index in [-0.39, 0.29) is 0 Å². The van der Waals surface area contributed by atoms with E-state index in [0.29, 0.717) is 17.4 Å². The van der Waals surface area contributed by atoms with E-state index in [4.69, 9.17) is 10.5 Å². The number of amides is 1. The zero-order valence-corrected chi connectivity index (χ0v) is 15.5. The lowest BCUT2D eigenvalue weighted by molar-refractivity contribution is 0.1000. The van der Waals surface area contributed by atoms with E-state index in [1.165, 1.54) is 30.2 Å². The van der Waals surface area contributed by atoms with Gasteiger partial charge in [-0.05, 0) is 67.0 Å². The molecule has 1 unspecified atom stereocenters. The number of nitrogens with two attached hydrogens (primary N) is 1. The van der Waals surface area contributed by atoms with Gasteiger partial charge in [0.05, 0.1) is 5.56 Å². The lowest BCUT2D eigenvalue weighted by atomic mass is 10.0. The molecule has 1 atom stereocenters. The van der Waals surface area contributed by atoms with Gasteiger partial charge in [-0.1, -0.05) is 19.9 Å². The second-order valence-electron chi connectivity index (χ2n) is 7.33. The van der Waals surface area contributed by atoms with Crippen LogP contribution in [0.25, 0.3) is 0 Å². The van der Waals surface area contributed by atoms with Crippen LogP contribution in [0, 0.1) is 5.92 Å². The summed E-state index contributed by atoms with van der Waals surface area (Å²) in [5.74, 6) is 2.00. The lowest BCUT2D eigenvalue weighted by Gasteiger charge is -2.15. The molecule has 1 aliphatic carbocycles. The van der Waals surface area contributed by atoms with Gasteiger partial charge >= 0.3 is 0 Å². The third-order valence-electron chi connectivity index (χ3n) is 4.85. The first-order valence-electron chi connectivity index (χ1n) is 9.30. The Bertz CT molecular complexity index is 756. The molecule has 1 amide bonds. The second-order valence-corrected chi connectivity index (χ2v) is 7.33. The number of hydrogen-bond donors (Lipinski definition) is 2. The molecule has 1 aromatic heterocycles. The number of hydrogen-bond acceptors (Lipinski definition) is 4. The maximum Gasteiger partial charge on any atom is 0.250 e. The molecule has 0 saturated carbocycles. The van der Waals surface area contributed by atoms with Crippen LogP contribution in [0.1, 0.15) is 54.1 Å². The number of ether oxygens (including phenoxy) is 1. The molecular formula is C21H27N3O2. The number of rotatable bonds is 8. The maximum absolute atomic E-state index is 11.1. The summed E-state index contributed by atoms with van der Waals surface area (Å²) >= 11 is 0. The van der Waals surface area contributed by atoms with Crippen molar-refractivity contribution < 1.29 is 9.53 Å². The molecule has 0 bridgehead atoms. The quantitative estimate of drug-likeness (QED) is 0.710. The van der Waals surface area contributed by atoms with E-state index in [1.807, 2.05) is 6.07 Å². The van der Waals surface area contributed by atoms with Crippen molar-refractivity contribution in [3.8, 4) is 11.6 Å². The van der Waals surface area contributed by atoms with Gasteiger partial charge < -0.3 is 15.8 Å². The normalized spacial score (nSPS) is 15.9. The van der Waals surface area contributed by atoms with Crippen LogP contribution in [0.15, 0.2) is 36.5 Å². The Morgan fingerprint density at radius 2 is 2.19 bits per heavy atom. The molecule has 3 rings (SSSR count). The smallest absolute Gasteiger partial charge is 0.250 e. The largest absolute Gasteiger partial charge is 0.439 e. The van der Waals surface area contributed by atoms with Crippen molar-refractivity contribution in [1.29, 1.82) is 0 Å². The number of benzene rings is 1. The summed E-state index contributed by atoms with van der Waals surface area (Å²) in [6, 6.07) is 9.55. The number of carbonyl (C=O) groups excluding carboxylic acids is 1. The highest BCUT2D eigenvalue weighted by Crippen LogP contribution is 2.36. The predicted octanol–water partition coefficient (Wildman–Crippen LogP) is 3.64. The van der Waals surface area contributed by atoms with Crippen LogP contribution < -0.4 is 15.8 Å². The maximum atomic E-state index is 11.1. The van der Waals surface area contributed by atoms with Crippen LogP contribution >= 0.6 is 0 Å². The summed E-state index contributed by atoms with van der Waals surface area (Å²) < 4.78 is 5.86. The monoisotopic (exact) mass is 353 g/mol. The second kappa shape index (κ2) is 8.32. The molecular weight excluding hydrogens is 326 g/mol. The summed E-state index contributed by atoms with van der Waals surface area (Å²) in [6.07, 6.45) is 4.94. The third kappa shape index (κ3) is 4.61.